The summed E-state index contributed by atoms with van der Waals surface area (Å²) in [5.41, 5.74) is 1.23. The van der Waals surface area contributed by atoms with Crippen molar-refractivity contribution in [1.29, 1.82) is 0 Å². The summed E-state index contributed by atoms with van der Waals surface area (Å²) < 4.78 is 0. The van der Waals surface area contributed by atoms with Crippen molar-refractivity contribution < 1.29 is 0 Å². The summed E-state index contributed by atoms with van der Waals surface area (Å²) in [6.45, 7) is 3.16. The van der Waals surface area contributed by atoms with Crippen molar-refractivity contribution in [2.24, 2.45) is 0 Å². The van der Waals surface area contributed by atoms with Crippen LogP contribution in [0.2, 0.25) is 0 Å². The zero-order chi connectivity index (χ0) is 10.5. The van der Waals surface area contributed by atoms with E-state index in [4.69, 9.17) is 0 Å². The van der Waals surface area contributed by atoms with Gasteiger partial charge in [0.1, 0.15) is 5.82 Å². The summed E-state index contributed by atoms with van der Waals surface area (Å²) in [4.78, 5) is 4.34. The molecule has 1 N–H and O–H groups in total. The van der Waals surface area contributed by atoms with Crippen molar-refractivity contribution in [2.75, 3.05) is 17.6 Å². The monoisotopic (exact) mass is 222 g/mol. The van der Waals surface area contributed by atoms with E-state index in [0.29, 0.717) is 0 Å². The lowest BCUT2D eigenvalue weighted by Crippen LogP contribution is -2.20. The zero-order valence-electron chi connectivity index (χ0n) is 9.20. The van der Waals surface area contributed by atoms with E-state index in [2.05, 4.69) is 35.1 Å². The lowest BCUT2D eigenvalue weighted by Gasteiger charge is -2.22. The average molecular weight is 222 g/mol. The maximum Gasteiger partial charge on any atom is 0.128 e. The van der Waals surface area contributed by atoms with Crippen LogP contribution in [-0.2, 0) is 0 Å². The smallest absolute Gasteiger partial charge is 0.128 e. The van der Waals surface area contributed by atoms with Crippen molar-refractivity contribution in [3.63, 3.8) is 0 Å². The van der Waals surface area contributed by atoms with Crippen LogP contribution >= 0.6 is 11.8 Å². The molecule has 0 spiro atoms. The van der Waals surface area contributed by atoms with Gasteiger partial charge < -0.3 is 5.32 Å². The Morgan fingerprint density at radius 1 is 1.53 bits per heavy atom. The van der Waals surface area contributed by atoms with Gasteiger partial charge in [0.05, 0.1) is 0 Å². The number of nitrogens with zero attached hydrogens (tertiary/aromatic N) is 1. The predicted molar refractivity (Wildman–Crippen MR) is 67.6 cm³/mol. The molecule has 0 aromatic carbocycles. The first-order chi connectivity index (χ1) is 7.36. The van der Waals surface area contributed by atoms with E-state index < -0.39 is 0 Å². The molecule has 2 rings (SSSR count). The van der Waals surface area contributed by atoms with Crippen LogP contribution in [0.5, 0.6) is 0 Å². The predicted octanol–water partition coefficient (Wildman–Crippen LogP) is 3.09. The van der Waals surface area contributed by atoms with E-state index in [1.165, 1.54) is 30.6 Å². The van der Waals surface area contributed by atoms with E-state index in [1.54, 1.807) is 0 Å². The van der Waals surface area contributed by atoms with E-state index in [9.17, 15) is 0 Å². The van der Waals surface area contributed by atoms with Gasteiger partial charge in [0, 0.05) is 18.0 Å². The number of pyridine rings is 1. The van der Waals surface area contributed by atoms with Crippen LogP contribution in [0.25, 0.3) is 0 Å². The van der Waals surface area contributed by atoms with Gasteiger partial charge in [-0.2, -0.15) is 11.8 Å². The van der Waals surface area contributed by atoms with Gasteiger partial charge in [0.25, 0.3) is 0 Å². The maximum atomic E-state index is 4.34. The van der Waals surface area contributed by atoms with Gasteiger partial charge in [-0.05, 0) is 37.1 Å². The second-order valence-corrected chi connectivity index (χ2v) is 5.45. The highest BCUT2D eigenvalue weighted by molar-refractivity contribution is 7.99. The fourth-order valence-electron chi connectivity index (χ4n) is 1.85. The number of hydrogen-bond acceptors (Lipinski definition) is 3. The summed E-state index contributed by atoms with van der Waals surface area (Å²) in [6, 6.07) is 4.08. The maximum absolute atomic E-state index is 4.34. The van der Waals surface area contributed by atoms with Crippen LogP contribution in [-0.4, -0.2) is 22.5 Å². The molecule has 15 heavy (non-hydrogen) atoms. The van der Waals surface area contributed by atoms with E-state index >= 15 is 0 Å². The number of rotatable bonds is 3. The molecule has 1 aliphatic heterocycles. The third kappa shape index (κ3) is 3.13. The highest BCUT2D eigenvalue weighted by Gasteiger charge is 2.13. The van der Waals surface area contributed by atoms with Gasteiger partial charge in [0.2, 0.25) is 0 Å². The Morgan fingerprint density at radius 2 is 2.47 bits per heavy atom. The third-order valence-electron chi connectivity index (χ3n) is 2.78. The Hall–Kier alpha value is -0.700. The summed E-state index contributed by atoms with van der Waals surface area (Å²) >= 11 is 2.10. The molecular weight excluding hydrogens is 204 g/mol. The van der Waals surface area contributed by atoms with Crippen LogP contribution in [0.4, 0.5) is 5.82 Å². The first-order valence-corrected chi connectivity index (χ1v) is 6.68. The highest BCUT2D eigenvalue weighted by Crippen LogP contribution is 2.25. The Bertz CT molecular complexity index is 308. The molecule has 2 nitrogen and oxygen atoms in total. The van der Waals surface area contributed by atoms with Crippen molar-refractivity contribution in [3.05, 3.63) is 23.9 Å². The Morgan fingerprint density at radius 3 is 3.20 bits per heavy atom. The molecule has 82 valence electrons. The lowest BCUT2D eigenvalue weighted by atomic mass is 10.2. The number of thioether (sulfide) groups is 1. The van der Waals surface area contributed by atoms with Gasteiger partial charge >= 0.3 is 0 Å². The molecule has 1 fully saturated rings. The van der Waals surface area contributed by atoms with Crippen molar-refractivity contribution in [2.45, 2.75) is 31.4 Å². The van der Waals surface area contributed by atoms with Gasteiger partial charge in [-0.25, -0.2) is 4.98 Å². The largest absolute Gasteiger partial charge is 0.369 e. The molecule has 0 aliphatic carbocycles. The number of aryl methyl sites for hydroxylation is 1. The number of anilines is 1. The quantitative estimate of drug-likeness (QED) is 0.850. The highest BCUT2D eigenvalue weighted by atomic mass is 32.2. The lowest BCUT2D eigenvalue weighted by molar-refractivity contribution is 0.677. The Kier molecular flexibility index (Phi) is 3.89. The van der Waals surface area contributed by atoms with Crippen molar-refractivity contribution in [3.8, 4) is 0 Å². The normalized spacial score (nSPS) is 21.3. The van der Waals surface area contributed by atoms with Gasteiger partial charge in [-0.3, -0.25) is 0 Å². The fraction of sp³-hybridized carbons (Fsp3) is 0.583. The van der Waals surface area contributed by atoms with E-state index in [1.807, 2.05) is 12.3 Å². The molecule has 0 radical (unpaired) electrons. The van der Waals surface area contributed by atoms with Crippen LogP contribution in [0.15, 0.2) is 18.3 Å². The molecule has 1 aliphatic rings. The number of nitrogens with one attached hydrogen (secondary N) is 1. The summed E-state index contributed by atoms with van der Waals surface area (Å²) in [5, 5.41) is 4.23. The van der Waals surface area contributed by atoms with Gasteiger partial charge in [-0.15, -0.1) is 0 Å². The SMILES string of the molecule is Cc1cccnc1NCC1CCCCS1. The van der Waals surface area contributed by atoms with Crippen LogP contribution in [0.1, 0.15) is 24.8 Å². The van der Waals surface area contributed by atoms with Gasteiger partial charge in [0.15, 0.2) is 0 Å². The molecule has 2 heterocycles. The molecular formula is C12H18N2S. The van der Waals surface area contributed by atoms with Crippen molar-refractivity contribution in [1.82, 2.24) is 4.98 Å². The second kappa shape index (κ2) is 5.40. The molecule has 0 saturated carbocycles. The third-order valence-corrected chi connectivity index (χ3v) is 4.18. The molecule has 1 aromatic rings. The zero-order valence-corrected chi connectivity index (χ0v) is 10.0. The molecule has 0 amide bonds. The minimum atomic E-state index is 0.778. The minimum Gasteiger partial charge on any atom is -0.369 e. The molecule has 1 atom stereocenters. The summed E-state index contributed by atoms with van der Waals surface area (Å²) in [5.74, 6) is 2.37. The number of aromatic nitrogens is 1. The van der Waals surface area contributed by atoms with Crippen LogP contribution < -0.4 is 5.32 Å². The van der Waals surface area contributed by atoms with E-state index in [-0.39, 0.29) is 0 Å². The first kappa shape index (κ1) is 10.8. The van der Waals surface area contributed by atoms with Crippen molar-refractivity contribution >= 4 is 17.6 Å². The summed E-state index contributed by atoms with van der Waals surface area (Å²) in [7, 11) is 0. The van der Waals surface area contributed by atoms with Crippen LogP contribution in [0.3, 0.4) is 0 Å². The van der Waals surface area contributed by atoms with E-state index in [0.717, 1.165) is 17.6 Å². The minimum absolute atomic E-state index is 0.778. The first-order valence-electron chi connectivity index (χ1n) is 5.63. The van der Waals surface area contributed by atoms with Gasteiger partial charge in [-0.1, -0.05) is 12.5 Å². The molecule has 3 heteroatoms. The summed E-state index contributed by atoms with van der Waals surface area (Å²) in [6.07, 6.45) is 5.98. The topological polar surface area (TPSA) is 24.9 Å². The Balaban J connectivity index is 1.84. The molecule has 0 bridgehead atoms. The Labute approximate surface area is 95.9 Å². The molecule has 1 aromatic heterocycles. The standard InChI is InChI=1S/C12H18N2S/c1-10-5-4-7-13-12(10)14-9-11-6-2-3-8-15-11/h4-5,7,11H,2-3,6,8-9H2,1H3,(H,13,14). The average Bonchev–Trinajstić information content (AvgIpc) is 2.29. The fourth-order valence-corrected chi connectivity index (χ4v) is 3.09. The number of hydrogen-bond donors (Lipinski definition) is 1. The molecule has 1 saturated heterocycles. The van der Waals surface area contributed by atoms with Crippen LogP contribution in [0, 0.1) is 6.92 Å². The second-order valence-electron chi connectivity index (χ2n) is 4.04. The molecule has 1 unspecified atom stereocenters.